The topological polar surface area (TPSA) is 60.7 Å². The van der Waals surface area contributed by atoms with E-state index in [1.54, 1.807) is 0 Å². The van der Waals surface area contributed by atoms with E-state index in [1.165, 1.54) is 44.1 Å². The van der Waals surface area contributed by atoms with Crippen LogP contribution in [0.15, 0.2) is 47.6 Å². The lowest BCUT2D eigenvalue weighted by Gasteiger charge is -2.44. The third-order valence-corrected chi connectivity index (χ3v) is 8.65. The summed E-state index contributed by atoms with van der Waals surface area (Å²) >= 11 is 0. The molecule has 3 heteroatoms. The van der Waals surface area contributed by atoms with Crippen LogP contribution in [-0.2, 0) is 0 Å². The Hall–Kier alpha value is -1.16. The Morgan fingerprint density at radius 3 is 2.60 bits per heavy atom. The van der Waals surface area contributed by atoms with Crippen molar-refractivity contribution in [2.75, 3.05) is 0 Å². The molecule has 0 aromatic carbocycles. The second-order valence-corrected chi connectivity index (χ2v) is 10.7. The molecule has 0 spiro atoms. The molecule has 30 heavy (non-hydrogen) atoms. The lowest BCUT2D eigenvalue weighted by atomic mass is 9.61. The number of rotatable bonds is 5. The fourth-order valence-electron chi connectivity index (χ4n) is 6.63. The van der Waals surface area contributed by atoms with Crippen molar-refractivity contribution in [3.8, 4) is 0 Å². The number of fused-ring (bicyclic) bond motifs is 1. The van der Waals surface area contributed by atoms with Crippen LogP contribution in [0.2, 0.25) is 0 Å². The lowest BCUT2D eigenvalue weighted by molar-refractivity contribution is 0.0862. The number of aliphatic hydroxyl groups is 3. The third kappa shape index (κ3) is 4.40. The molecule has 0 aromatic rings. The normalized spacial score (nSPS) is 42.1. The molecule has 0 aromatic heterocycles. The van der Waals surface area contributed by atoms with Crippen molar-refractivity contribution >= 4 is 0 Å². The average molecular weight is 413 g/mol. The SMILES string of the molecule is C=C1C(=CC=C2CCC[C@]3(C)[C@@H]([C@H](C)/C=C/[C@@H](O)C4CC4)CC[C@@H]23)C[C@@H](O)CC1O. The number of hydrogen-bond donors (Lipinski definition) is 3. The van der Waals surface area contributed by atoms with Gasteiger partial charge in [-0.2, -0.15) is 0 Å². The number of hydrogen-bond acceptors (Lipinski definition) is 3. The largest absolute Gasteiger partial charge is 0.393 e. The van der Waals surface area contributed by atoms with Gasteiger partial charge in [0.1, 0.15) is 0 Å². The molecule has 0 aliphatic heterocycles. The van der Waals surface area contributed by atoms with Crippen LogP contribution in [0.25, 0.3) is 0 Å². The molecule has 4 rings (SSSR count). The van der Waals surface area contributed by atoms with Gasteiger partial charge in [0.15, 0.2) is 0 Å². The monoisotopic (exact) mass is 412 g/mol. The fourth-order valence-corrected chi connectivity index (χ4v) is 6.63. The van der Waals surface area contributed by atoms with Crippen molar-refractivity contribution in [2.24, 2.45) is 29.1 Å². The Morgan fingerprint density at radius 1 is 1.10 bits per heavy atom. The second-order valence-electron chi connectivity index (χ2n) is 10.7. The number of allylic oxidation sites excluding steroid dienone is 4. The van der Waals surface area contributed by atoms with E-state index >= 15 is 0 Å². The van der Waals surface area contributed by atoms with E-state index in [2.05, 4.69) is 44.7 Å². The molecule has 166 valence electrons. The van der Waals surface area contributed by atoms with Crippen LogP contribution in [0.1, 0.15) is 71.6 Å². The van der Waals surface area contributed by atoms with E-state index in [4.69, 9.17) is 0 Å². The minimum Gasteiger partial charge on any atom is -0.393 e. The molecule has 0 heterocycles. The van der Waals surface area contributed by atoms with E-state index in [9.17, 15) is 15.3 Å². The van der Waals surface area contributed by atoms with Gasteiger partial charge in [-0.1, -0.05) is 50.3 Å². The molecule has 0 amide bonds. The Labute approximate surface area is 182 Å². The average Bonchev–Trinajstić information content (AvgIpc) is 3.49. The van der Waals surface area contributed by atoms with Gasteiger partial charge in [0, 0.05) is 6.42 Å². The Kier molecular flexibility index (Phi) is 6.44. The first kappa shape index (κ1) is 22.0. The highest BCUT2D eigenvalue weighted by atomic mass is 16.3. The summed E-state index contributed by atoms with van der Waals surface area (Å²) in [6, 6.07) is 0. The molecule has 0 bridgehead atoms. The van der Waals surface area contributed by atoms with Crippen molar-refractivity contribution in [1.29, 1.82) is 0 Å². The quantitative estimate of drug-likeness (QED) is 0.551. The van der Waals surface area contributed by atoms with Crippen LogP contribution in [0, 0.1) is 29.1 Å². The van der Waals surface area contributed by atoms with Crippen molar-refractivity contribution in [1.82, 2.24) is 0 Å². The predicted octanol–water partition coefficient (Wildman–Crippen LogP) is 5.09. The summed E-state index contributed by atoms with van der Waals surface area (Å²) in [7, 11) is 0. The first-order valence-electron chi connectivity index (χ1n) is 12.1. The van der Waals surface area contributed by atoms with Gasteiger partial charge >= 0.3 is 0 Å². The summed E-state index contributed by atoms with van der Waals surface area (Å²) in [4.78, 5) is 0. The minimum absolute atomic E-state index is 0.250. The molecule has 4 aliphatic rings. The zero-order valence-corrected chi connectivity index (χ0v) is 18.8. The molecule has 4 saturated carbocycles. The molecule has 3 nitrogen and oxygen atoms in total. The van der Waals surface area contributed by atoms with Crippen LogP contribution in [0.4, 0.5) is 0 Å². The summed E-state index contributed by atoms with van der Waals surface area (Å²) in [5, 5.41) is 30.4. The van der Waals surface area contributed by atoms with Gasteiger partial charge < -0.3 is 15.3 Å². The van der Waals surface area contributed by atoms with Crippen LogP contribution in [0.5, 0.6) is 0 Å². The highest BCUT2D eigenvalue weighted by Crippen LogP contribution is 2.59. The molecule has 7 atom stereocenters. The molecule has 4 aliphatic carbocycles. The molecule has 3 N–H and O–H groups in total. The maximum Gasteiger partial charge on any atom is 0.0811 e. The predicted molar refractivity (Wildman–Crippen MR) is 122 cm³/mol. The van der Waals surface area contributed by atoms with Crippen molar-refractivity contribution in [3.63, 3.8) is 0 Å². The van der Waals surface area contributed by atoms with E-state index in [0.717, 1.165) is 17.6 Å². The smallest absolute Gasteiger partial charge is 0.0811 e. The molecule has 0 saturated heterocycles. The van der Waals surface area contributed by atoms with Gasteiger partial charge in [-0.15, -0.1) is 0 Å². The van der Waals surface area contributed by atoms with E-state index in [0.29, 0.717) is 41.9 Å². The second kappa shape index (κ2) is 8.76. The van der Waals surface area contributed by atoms with Gasteiger partial charge in [-0.25, -0.2) is 0 Å². The van der Waals surface area contributed by atoms with E-state index in [-0.39, 0.29) is 6.10 Å². The standard InChI is InChI=1S/C27H40O3/c1-17(6-13-25(29)20-8-9-20)23-11-12-24-19(5-4-14-27(23,24)3)7-10-21-15-22(28)16-26(30)18(21)2/h6-7,10,13,17,20,22-26,28-30H,2,4-5,8-9,11-12,14-16H2,1,3H3/b13-6+,19-7?,21-10?/t17-,22-,23-,24+,25-,26?,27-/m1/s1. The van der Waals surface area contributed by atoms with Crippen LogP contribution in [0.3, 0.4) is 0 Å². The Balaban J connectivity index is 1.48. The fraction of sp³-hybridized carbons (Fsp3) is 0.704. The summed E-state index contributed by atoms with van der Waals surface area (Å²) in [6.07, 6.45) is 16.9. The Bertz CT molecular complexity index is 743. The molecule has 4 fully saturated rings. The van der Waals surface area contributed by atoms with E-state index < -0.39 is 12.2 Å². The first-order chi connectivity index (χ1) is 14.3. The van der Waals surface area contributed by atoms with Crippen molar-refractivity contribution < 1.29 is 15.3 Å². The zero-order chi connectivity index (χ0) is 21.5. The minimum atomic E-state index is -0.621. The van der Waals surface area contributed by atoms with Crippen molar-refractivity contribution in [3.05, 3.63) is 47.6 Å². The van der Waals surface area contributed by atoms with Gasteiger partial charge in [0.2, 0.25) is 0 Å². The summed E-state index contributed by atoms with van der Waals surface area (Å²) in [5.74, 6) is 2.28. The molecule has 0 radical (unpaired) electrons. The maximum absolute atomic E-state index is 10.2. The summed E-state index contributed by atoms with van der Waals surface area (Å²) in [6.45, 7) is 8.88. The summed E-state index contributed by atoms with van der Waals surface area (Å²) < 4.78 is 0. The van der Waals surface area contributed by atoms with Gasteiger partial charge in [0.05, 0.1) is 18.3 Å². The number of aliphatic hydroxyl groups excluding tert-OH is 3. The highest BCUT2D eigenvalue weighted by Gasteiger charge is 2.50. The van der Waals surface area contributed by atoms with E-state index in [1.807, 2.05) is 0 Å². The van der Waals surface area contributed by atoms with Gasteiger partial charge in [-0.3, -0.25) is 0 Å². The molecule has 1 unspecified atom stereocenters. The lowest BCUT2D eigenvalue weighted by Crippen LogP contribution is -2.35. The molecular formula is C27H40O3. The third-order valence-electron chi connectivity index (χ3n) is 8.65. The van der Waals surface area contributed by atoms with Gasteiger partial charge in [0.25, 0.3) is 0 Å². The first-order valence-corrected chi connectivity index (χ1v) is 12.1. The van der Waals surface area contributed by atoms with Crippen molar-refractivity contribution in [2.45, 2.75) is 89.9 Å². The maximum atomic E-state index is 10.2. The molecular weight excluding hydrogens is 372 g/mol. The zero-order valence-electron chi connectivity index (χ0n) is 18.8. The van der Waals surface area contributed by atoms with Crippen LogP contribution in [-0.4, -0.2) is 33.6 Å². The van der Waals surface area contributed by atoms with Crippen LogP contribution >= 0.6 is 0 Å². The van der Waals surface area contributed by atoms with Gasteiger partial charge in [-0.05, 0) is 91.6 Å². The summed E-state index contributed by atoms with van der Waals surface area (Å²) in [5.41, 5.74) is 3.63. The van der Waals surface area contributed by atoms with Crippen LogP contribution < -0.4 is 0 Å². The Morgan fingerprint density at radius 2 is 1.87 bits per heavy atom. The highest BCUT2D eigenvalue weighted by molar-refractivity contribution is 5.38.